The Hall–Kier alpha value is -1.18. The van der Waals surface area contributed by atoms with Crippen molar-refractivity contribution < 1.29 is 34.4 Å². The lowest BCUT2D eigenvalue weighted by atomic mass is 10.1. The third-order valence-electron chi connectivity index (χ3n) is 2.20. The summed E-state index contributed by atoms with van der Waals surface area (Å²) in [5.74, 6) is -1.04. The Bertz CT molecular complexity index is 240. The molecule has 18 heavy (non-hydrogen) atoms. The van der Waals surface area contributed by atoms with Crippen molar-refractivity contribution in [2.24, 2.45) is 0 Å². The van der Waals surface area contributed by atoms with Crippen LogP contribution in [-0.2, 0) is 19.1 Å². The van der Waals surface area contributed by atoms with Gasteiger partial charge in [-0.2, -0.15) is 0 Å². The number of esters is 2. The molecule has 2 unspecified atom stereocenters. The second kappa shape index (κ2) is 8.84. The first-order valence-corrected chi connectivity index (χ1v) is 5.77. The van der Waals surface area contributed by atoms with E-state index >= 15 is 0 Å². The molecule has 0 fully saturated rings. The predicted octanol–water partition coefficient (Wildman–Crippen LogP) is -1.02. The van der Waals surface area contributed by atoms with E-state index < -0.39 is 43.5 Å². The number of hydrogen-bond donors (Lipinski definition) is 3. The molecule has 0 saturated carbocycles. The zero-order valence-corrected chi connectivity index (χ0v) is 10.5. The molecule has 0 aromatic rings. The van der Waals surface area contributed by atoms with Crippen molar-refractivity contribution in [2.45, 2.75) is 45.0 Å². The molecule has 2 atom stereocenters. The normalized spacial score (nSPS) is 15.6. The molecule has 0 heterocycles. The van der Waals surface area contributed by atoms with Crippen molar-refractivity contribution in [2.75, 3.05) is 13.2 Å². The fourth-order valence-corrected chi connectivity index (χ4v) is 1.01. The number of aliphatic hydroxyl groups excluding tert-OH is 3. The minimum absolute atomic E-state index is 0.152. The Morgan fingerprint density at radius 3 is 1.50 bits per heavy atom. The first-order valence-electron chi connectivity index (χ1n) is 5.77. The van der Waals surface area contributed by atoms with Gasteiger partial charge < -0.3 is 24.8 Å². The van der Waals surface area contributed by atoms with Gasteiger partial charge in [0.1, 0.15) is 31.5 Å². The lowest BCUT2D eigenvalue weighted by Gasteiger charge is -2.22. The Kier molecular flexibility index (Phi) is 8.27. The highest BCUT2D eigenvalue weighted by molar-refractivity contribution is 5.69. The van der Waals surface area contributed by atoms with Crippen LogP contribution in [0.15, 0.2) is 0 Å². The van der Waals surface area contributed by atoms with E-state index in [1.54, 1.807) is 13.8 Å². The highest BCUT2D eigenvalue weighted by atomic mass is 16.6. The monoisotopic (exact) mass is 264 g/mol. The van der Waals surface area contributed by atoms with Crippen molar-refractivity contribution in [3.8, 4) is 0 Å². The number of carbonyl (C=O) groups is 2. The molecule has 0 amide bonds. The Labute approximate surface area is 105 Å². The first kappa shape index (κ1) is 16.8. The van der Waals surface area contributed by atoms with Crippen LogP contribution in [0.3, 0.4) is 0 Å². The van der Waals surface area contributed by atoms with Crippen LogP contribution in [0.5, 0.6) is 0 Å². The predicted molar refractivity (Wildman–Crippen MR) is 60.5 cm³/mol. The van der Waals surface area contributed by atoms with Crippen LogP contribution in [0.2, 0.25) is 0 Å². The number of ether oxygens (including phenoxy) is 2. The van der Waals surface area contributed by atoms with Gasteiger partial charge in [0.25, 0.3) is 0 Å². The highest BCUT2D eigenvalue weighted by Gasteiger charge is 2.26. The minimum atomic E-state index is -1.56. The molecule has 0 radical (unpaired) electrons. The van der Waals surface area contributed by atoms with Crippen LogP contribution in [0.25, 0.3) is 0 Å². The van der Waals surface area contributed by atoms with E-state index in [2.05, 4.69) is 9.47 Å². The van der Waals surface area contributed by atoms with Gasteiger partial charge in [0.15, 0.2) is 0 Å². The van der Waals surface area contributed by atoms with Crippen molar-refractivity contribution in [1.82, 2.24) is 0 Å². The molecule has 0 rings (SSSR count). The molecule has 7 nitrogen and oxygen atoms in total. The summed E-state index contributed by atoms with van der Waals surface area (Å²) in [6.45, 7) is 2.33. The van der Waals surface area contributed by atoms with Crippen molar-refractivity contribution in [3.63, 3.8) is 0 Å². The molecule has 0 bridgehead atoms. The third kappa shape index (κ3) is 6.53. The van der Waals surface area contributed by atoms with E-state index in [1.807, 2.05) is 0 Å². The second-order valence-electron chi connectivity index (χ2n) is 3.70. The zero-order valence-electron chi connectivity index (χ0n) is 10.5. The largest absolute Gasteiger partial charge is 0.463 e. The molecule has 0 saturated heterocycles. The summed E-state index contributed by atoms with van der Waals surface area (Å²) in [4.78, 5) is 21.6. The summed E-state index contributed by atoms with van der Waals surface area (Å²) < 4.78 is 9.21. The average molecular weight is 264 g/mol. The van der Waals surface area contributed by atoms with Gasteiger partial charge in [-0.05, 0) is 0 Å². The van der Waals surface area contributed by atoms with Gasteiger partial charge in [-0.3, -0.25) is 9.59 Å². The maximum absolute atomic E-state index is 10.8. The van der Waals surface area contributed by atoms with Gasteiger partial charge in [-0.1, -0.05) is 13.8 Å². The van der Waals surface area contributed by atoms with Crippen LogP contribution in [0, 0.1) is 0 Å². The van der Waals surface area contributed by atoms with Gasteiger partial charge in [-0.25, -0.2) is 0 Å². The summed E-state index contributed by atoms with van der Waals surface area (Å²) in [6, 6.07) is 0. The average Bonchev–Trinajstić information content (AvgIpc) is 2.39. The van der Waals surface area contributed by atoms with E-state index in [4.69, 9.17) is 0 Å². The molecule has 7 heteroatoms. The van der Waals surface area contributed by atoms with E-state index in [0.29, 0.717) is 0 Å². The van der Waals surface area contributed by atoms with Crippen LogP contribution >= 0.6 is 0 Å². The lowest BCUT2D eigenvalue weighted by molar-refractivity contribution is -0.157. The van der Waals surface area contributed by atoms with Gasteiger partial charge in [-0.15, -0.1) is 0 Å². The zero-order chi connectivity index (χ0) is 14.1. The quantitative estimate of drug-likeness (QED) is 0.481. The number of rotatable bonds is 8. The van der Waals surface area contributed by atoms with E-state index in [1.165, 1.54) is 0 Å². The summed E-state index contributed by atoms with van der Waals surface area (Å²) in [6.07, 6.45) is -4.12. The van der Waals surface area contributed by atoms with Crippen molar-refractivity contribution >= 4 is 11.9 Å². The van der Waals surface area contributed by atoms with E-state index in [0.717, 1.165) is 0 Å². The molecule has 0 aliphatic carbocycles. The Morgan fingerprint density at radius 1 is 0.889 bits per heavy atom. The molecule has 0 aliphatic rings. The second-order valence-corrected chi connectivity index (χ2v) is 3.70. The smallest absolute Gasteiger partial charge is 0.305 e. The van der Waals surface area contributed by atoms with Gasteiger partial charge in [0, 0.05) is 12.8 Å². The van der Waals surface area contributed by atoms with Crippen LogP contribution in [-0.4, -0.2) is 58.8 Å². The summed E-state index contributed by atoms with van der Waals surface area (Å²) in [5, 5.41) is 28.3. The third-order valence-corrected chi connectivity index (χ3v) is 2.20. The summed E-state index contributed by atoms with van der Waals surface area (Å²) >= 11 is 0. The lowest BCUT2D eigenvalue weighted by Crippen LogP contribution is -2.43. The van der Waals surface area contributed by atoms with Gasteiger partial charge in [0.05, 0.1) is 0 Å². The number of aliphatic hydroxyl groups is 3. The van der Waals surface area contributed by atoms with Crippen LogP contribution < -0.4 is 0 Å². The van der Waals surface area contributed by atoms with Crippen molar-refractivity contribution in [3.05, 3.63) is 0 Å². The first-order chi connectivity index (χ1) is 8.42. The maximum Gasteiger partial charge on any atom is 0.305 e. The molecular weight excluding hydrogens is 244 g/mol. The Balaban J connectivity index is 3.99. The number of hydrogen-bond acceptors (Lipinski definition) is 7. The van der Waals surface area contributed by atoms with Crippen LogP contribution in [0.4, 0.5) is 0 Å². The fourth-order valence-electron chi connectivity index (χ4n) is 1.01. The molecule has 3 N–H and O–H groups in total. The maximum atomic E-state index is 10.8. The topological polar surface area (TPSA) is 113 Å². The highest BCUT2D eigenvalue weighted by Crippen LogP contribution is 2.03. The van der Waals surface area contributed by atoms with E-state index in [9.17, 15) is 24.9 Å². The Morgan fingerprint density at radius 2 is 1.22 bits per heavy atom. The molecule has 0 aromatic carbocycles. The molecular formula is C11H20O7. The fraction of sp³-hybridized carbons (Fsp3) is 0.818. The molecule has 0 aliphatic heterocycles. The van der Waals surface area contributed by atoms with E-state index in [-0.39, 0.29) is 12.8 Å². The van der Waals surface area contributed by atoms with Crippen molar-refractivity contribution in [1.29, 1.82) is 0 Å². The van der Waals surface area contributed by atoms with Gasteiger partial charge >= 0.3 is 11.9 Å². The molecule has 106 valence electrons. The molecule has 0 aromatic heterocycles. The summed E-state index contributed by atoms with van der Waals surface area (Å²) in [5.41, 5.74) is 0. The SMILES string of the molecule is CCC(=O)OCC(O)C(O)C(O)COC(=O)CC. The minimum Gasteiger partial charge on any atom is -0.463 e. The van der Waals surface area contributed by atoms with Gasteiger partial charge in [0.2, 0.25) is 0 Å². The summed E-state index contributed by atoms with van der Waals surface area (Å²) in [7, 11) is 0. The van der Waals surface area contributed by atoms with Crippen LogP contribution in [0.1, 0.15) is 26.7 Å². The standard InChI is InChI=1S/C11H20O7/c1-3-9(14)17-5-7(12)11(16)8(13)6-18-10(15)4-2/h7-8,11-13,16H,3-6H2,1-2H3. The number of carbonyl (C=O) groups excluding carboxylic acids is 2. The molecule has 0 spiro atoms.